The summed E-state index contributed by atoms with van der Waals surface area (Å²) in [6, 6.07) is 0. The molecule has 67 heavy (non-hydrogen) atoms. The molecule has 5 N–H and O–H groups in total. The van der Waals surface area contributed by atoms with Crippen LogP contribution >= 0.6 is 0 Å². The normalized spacial score (nSPS) is 35.8. The Balaban J connectivity index is 0.000000272. The molecule has 0 saturated carbocycles. The van der Waals surface area contributed by atoms with Crippen LogP contribution in [0.5, 0.6) is 0 Å². The molecule has 0 aromatic rings. The first-order valence-corrected chi connectivity index (χ1v) is 24.5. The van der Waals surface area contributed by atoms with Crippen molar-refractivity contribution in [2.75, 3.05) is 39.6 Å². The van der Waals surface area contributed by atoms with Crippen molar-refractivity contribution in [3.63, 3.8) is 0 Å². The highest BCUT2D eigenvalue weighted by atomic mass is 16.8. The lowest BCUT2D eigenvalue weighted by atomic mass is 10.0. The molecule has 5 aliphatic heterocycles. The second-order valence-electron chi connectivity index (χ2n) is 18.8. The number of hydrogen-bond donors (Lipinski definition) is 5. The minimum Gasteiger partial charge on any atom is -0.481 e. The molecule has 5 aliphatic rings. The molecule has 0 radical (unpaired) electrons. The average Bonchev–Trinajstić information content (AvgIpc) is 4.16. The van der Waals surface area contributed by atoms with Crippen LogP contribution in [0.25, 0.3) is 0 Å². The zero-order chi connectivity index (χ0) is 50.7. The molecule has 5 rings (SSSR count). The van der Waals surface area contributed by atoms with E-state index in [-0.39, 0.29) is 86.6 Å². The van der Waals surface area contributed by atoms with Gasteiger partial charge in [-0.05, 0) is 66.7 Å². The van der Waals surface area contributed by atoms with Crippen LogP contribution in [0, 0.1) is 0 Å². The number of carbonyl (C=O) groups excluding carboxylic acids is 1. The van der Waals surface area contributed by atoms with E-state index in [1.54, 1.807) is 20.8 Å². The predicted octanol–water partition coefficient (Wildman–Crippen LogP) is 5.08. The summed E-state index contributed by atoms with van der Waals surface area (Å²) in [5, 5.41) is 47.2. The number of ether oxygens (including phenoxy) is 11. The second kappa shape index (κ2) is 28.8. The van der Waals surface area contributed by atoms with Gasteiger partial charge in [0.05, 0.1) is 114 Å². The fourth-order valence-corrected chi connectivity index (χ4v) is 8.51. The zero-order valence-corrected chi connectivity index (χ0v) is 41.6. The van der Waals surface area contributed by atoms with Crippen molar-refractivity contribution in [2.24, 2.45) is 0 Å². The average molecular weight is 968 g/mol. The molecule has 0 bridgehead atoms. The van der Waals surface area contributed by atoms with E-state index < -0.39 is 47.6 Å². The number of carboxylic acid groups (broad SMARTS) is 2. The van der Waals surface area contributed by atoms with Gasteiger partial charge in [0, 0.05) is 39.9 Å². The van der Waals surface area contributed by atoms with Gasteiger partial charge in [-0.3, -0.25) is 9.59 Å². The Kier molecular flexibility index (Phi) is 24.8. The van der Waals surface area contributed by atoms with Crippen molar-refractivity contribution in [1.82, 2.24) is 0 Å². The van der Waals surface area contributed by atoms with Crippen molar-refractivity contribution in [3.05, 3.63) is 0 Å². The van der Waals surface area contributed by atoms with Crippen LogP contribution in [-0.2, 0) is 66.5 Å². The van der Waals surface area contributed by atoms with Crippen LogP contribution in [0.3, 0.4) is 0 Å². The number of Topliss-reactive ketones (excluding diaryl/α,β-unsaturated/α-hetero) is 1. The maximum absolute atomic E-state index is 11.1. The van der Waals surface area contributed by atoms with Gasteiger partial charge in [0.1, 0.15) is 24.1 Å². The third-order valence-electron chi connectivity index (χ3n) is 12.8. The Hall–Kier alpha value is -1.95. The molecule has 392 valence electrons. The number of aliphatic carboxylic acids is 2. The lowest BCUT2D eigenvalue weighted by Gasteiger charge is -2.24. The number of ketones is 1. The standard InChI is InChI=1S/C17H30O7.C17H30O6.C14H26O6/c1-4-12(18)14-8-15(13(5-2)23-14)21-9-11-10-22-17(3,24-11)7-6-16(19)20;1-5-15-14(19)8-16(22-15)12(3)20-9-13-10-21-17(4,23-13)7-6-11(2)18;1-4-11(15)12(5-2)18-8-10-9-19-14(3,20-10)7-6-13(16)17/h11-15,18H,4-10H2,1-3H3,(H,19,20);12-16,19H,5-10H2,1-4H3;10-12,15H,4-9H2,1-3H3,(H,16,17)/i;3D;. The number of carbonyl (C=O) groups is 3. The third kappa shape index (κ3) is 20.4. The first-order valence-electron chi connectivity index (χ1n) is 25.2. The Labute approximate surface area is 399 Å². The summed E-state index contributed by atoms with van der Waals surface area (Å²) in [6.45, 7) is 19.0. The van der Waals surface area contributed by atoms with E-state index in [4.69, 9.17) is 63.7 Å². The fraction of sp³-hybridized carbons (Fsp3) is 0.938. The molecule has 16 atom stereocenters. The zero-order valence-electron chi connectivity index (χ0n) is 42.6. The lowest BCUT2D eigenvalue weighted by molar-refractivity contribution is -0.173. The Morgan fingerprint density at radius 2 is 1.16 bits per heavy atom. The van der Waals surface area contributed by atoms with E-state index in [1.165, 1.54) is 0 Å². The van der Waals surface area contributed by atoms with Crippen LogP contribution in [0.2, 0.25) is 0 Å². The number of carboxylic acids is 2. The molecular weight excluding hydrogens is 881 g/mol. The molecule has 16 unspecified atom stereocenters. The van der Waals surface area contributed by atoms with Gasteiger partial charge in [-0.1, -0.05) is 34.6 Å². The highest BCUT2D eigenvalue weighted by Gasteiger charge is 2.43. The highest BCUT2D eigenvalue weighted by Crippen LogP contribution is 2.33. The fourth-order valence-electron chi connectivity index (χ4n) is 8.51. The smallest absolute Gasteiger partial charge is 0.303 e. The van der Waals surface area contributed by atoms with Crippen molar-refractivity contribution in [1.29, 1.82) is 0 Å². The first kappa shape index (κ1) is 57.6. The van der Waals surface area contributed by atoms with E-state index in [1.807, 2.05) is 41.5 Å². The highest BCUT2D eigenvalue weighted by molar-refractivity contribution is 5.75. The predicted molar refractivity (Wildman–Crippen MR) is 242 cm³/mol. The molecule has 5 saturated heterocycles. The maximum Gasteiger partial charge on any atom is 0.303 e. The molecule has 19 heteroatoms. The molecule has 5 heterocycles. The monoisotopic (exact) mass is 968 g/mol. The van der Waals surface area contributed by atoms with Gasteiger partial charge in [-0.2, -0.15) is 0 Å². The molecule has 0 aliphatic carbocycles. The van der Waals surface area contributed by atoms with Crippen molar-refractivity contribution >= 4 is 17.7 Å². The van der Waals surface area contributed by atoms with Crippen molar-refractivity contribution < 1.29 is 93.4 Å². The van der Waals surface area contributed by atoms with Gasteiger partial charge in [0.25, 0.3) is 0 Å². The van der Waals surface area contributed by atoms with E-state index in [2.05, 4.69) is 0 Å². The molecule has 0 amide bonds. The summed E-state index contributed by atoms with van der Waals surface area (Å²) in [5.41, 5.74) is 0. The van der Waals surface area contributed by atoms with E-state index in [0.717, 1.165) is 19.3 Å². The molecule has 5 fully saturated rings. The van der Waals surface area contributed by atoms with Crippen LogP contribution in [-0.4, -0.2) is 180 Å². The molecule has 0 aromatic heterocycles. The van der Waals surface area contributed by atoms with Gasteiger partial charge < -0.3 is 82.4 Å². The van der Waals surface area contributed by atoms with Crippen molar-refractivity contribution in [3.8, 4) is 0 Å². The first-order chi connectivity index (χ1) is 32.1. The Bertz CT molecular complexity index is 1440. The van der Waals surface area contributed by atoms with Crippen molar-refractivity contribution in [2.45, 2.75) is 249 Å². The quantitative estimate of drug-likeness (QED) is 0.0758. The maximum atomic E-state index is 11.1. The summed E-state index contributed by atoms with van der Waals surface area (Å²) < 4.78 is 71.1. The summed E-state index contributed by atoms with van der Waals surface area (Å²) in [5.74, 6) is -4.07. The van der Waals surface area contributed by atoms with Gasteiger partial charge in [-0.25, -0.2) is 0 Å². The number of aliphatic hydroxyl groups is 3. The Morgan fingerprint density at radius 3 is 1.60 bits per heavy atom. The van der Waals surface area contributed by atoms with Gasteiger partial charge in [-0.15, -0.1) is 0 Å². The Morgan fingerprint density at radius 1 is 0.672 bits per heavy atom. The summed E-state index contributed by atoms with van der Waals surface area (Å²) in [6.07, 6.45) is 3.06. The largest absolute Gasteiger partial charge is 0.481 e. The van der Waals surface area contributed by atoms with Gasteiger partial charge in [0.15, 0.2) is 17.4 Å². The third-order valence-corrected chi connectivity index (χ3v) is 12.8. The van der Waals surface area contributed by atoms with E-state index in [9.17, 15) is 29.7 Å². The van der Waals surface area contributed by atoms with Crippen LogP contribution in [0.1, 0.15) is 154 Å². The topological polar surface area (TPSA) is 254 Å². The molecule has 19 nitrogen and oxygen atoms in total. The SMILES string of the molecule is CCC(O)C(CC)OCC1COC(C)(CCC(=O)O)O1.CCC(O)C1CC(OCC2COC(C)(CCC(=O)O)O2)C(CC)O1.[2H]CC(OCC1COC(C)(CCC(C)=O)O1)C1CC(O)C(CC)O1. The molecular formula is C48H86O19. The number of aliphatic hydroxyl groups excluding tert-OH is 3. The lowest BCUT2D eigenvalue weighted by Crippen LogP contribution is -2.33. The van der Waals surface area contributed by atoms with E-state index in [0.29, 0.717) is 91.0 Å². The number of hydrogen-bond acceptors (Lipinski definition) is 17. The van der Waals surface area contributed by atoms with Gasteiger partial charge in [0.2, 0.25) is 0 Å². The summed E-state index contributed by atoms with van der Waals surface area (Å²) in [7, 11) is 0. The second-order valence-corrected chi connectivity index (χ2v) is 18.8. The minimum absolute atomic E-state index is 0.00897. The van der Waals surface area contributed by atoms with Gasteiger partial charge >= 0.3 is 11.9 Å². The van der Waals surface area contributed by atoms with Crippen LogP contribution in [0.15, 0.2) is 0 Å². The number of rotatable bonds is 26. The van der Waals surface area contributed by atoms with Crippen LogP contribution in [0.4, 0.5) is 0 Å². The minimum atomic E-state index is -0.866. The van der Waals surface area contributed by atoms with Crippen LogP contribution < -0.4 is 0 Å². The summed E-state index contributed by atoms with van der Waals surface area (Å²) in [4.78, 5) is 32.4. The molecule has 0 spiro atoms. The summed E-state index contributed by atoms with van der Waals surface area (Å²) >= 11 is 0. The van der Waals surface area contributed by atoms with E-state index >= 15 is 0 Å². The molecule has 0 aromatic carbocycles.